The summed E-state index contributed by atoms with van der Waals surface area (Å²) in [6.07, 6.45) is 1.60. The molecule has 20 heavy (non-hydrogen) atoms. The summed E-state index contributed by atoms with van der Waals surface area (Å²) in [7, 11) is 2.12. The first-order valence-electron chi connectivity index (χ1n) is 5.55. The van der Waals surface area contributed by atoms with Crippen LogP contribution in [0.3, 0.4) is 0 Å². The first kappa shape index (κ1) is 14.6. The minimum absolute atomic E-state index is 0.318. The van der Waals surface area contributed by atoms with Gasteiger partial charge in [-0.3, -0.25) is 4.57 Å². The number of aromatic hydroxyl groups is 2. The fourth-order valence-corrected chi connectivity index (χ4v) is 3.84. The third kappa shape index (κ3) is 2.70. The number of rotatable bonds is 5. The average Bonchev–Trinajstić information content (AvgIpc) is 2.77. The fourth-order valence-electron chi connectivity index (χ4n) is 1.54. The van der Waals surface area contributed by atoms with Gasteiger partial charge in [0, 0.05) is 18.3 Å². The van der Waals surface area contributed by atoms with E-state index in [0.29, 0.717) is 5.03 Å². The molecule has 2 aromatic heterocycles. The first-order chi connectivity index (χ1) is 9.45. The van der Waals surface area contributed by atoms with Crippen LogP contribution < -0.4 is 0 Å². The smallest absolute Gasteiger partial charge is 0.341 e. The molecular formula is C12H12N2O4S2. The Balaban J connectivity index is 2.29. The van der Waals surface area contributed by atoms with Crippen LogP contribution in [0.5, 0.6) is 11.8 Å². The van der Waals surface area contributed by atoms with Crippen LogP contribution in [0.25, 0.3) is 0 Å². The van der Waals surface area contributed by atoms with Crippen LogP contribution in [-0.2, 0) is 9.67 Å². The zero-order valence-electron chi connectivity index (χ0n) is 10.4. The quantitative estimate of drug-likeness (QED) is 0.730. The normalized spacial score (nSPS) is 13.8. The van der Waals surface area contributed by atoms with E-state index in [-0.39, 0.29) is 11.8 Å². The lowest BCUT2D eigenvalue weighted by Crippen LogP contribution is -2.34. The molecule has 8 heteroatoms. The van der Waals surface area contributed by atoms with Gasteiger partial charge in [0.2, 0.25) is 4.87 Å². The molecule has 0 amide bonds. The number of hydrogen-bond acceptors (Lipinski definition) is 6. The highest BCUT2D eigenvalue weighted by atomic mass is 33.1. The summed E-state index contributed by atoms with van der Waals surface area (Å²) in [5.74, 6) is -1.82. The Morgan fingerprint density at radius 3 is 2.40 bits per heavy atom. The van der Waals surface area contributed by atoms with Gasteiger partial charge >= 0.3 is 5.97 Å². The lowest BCUT2D eigenvalue weighted by atomic mass is 10.3. The van der Waals surface area contributed by atoms with E-state index in [0.717, 1.165) is 26.2 Å². The number of nitrogens with zero attached hydrogens (tertiary/aromatic N) is 2. The maximum atomic E-state index is 11.5. The summed E-state index contributed by atoms with van der Waals surface area (Å²) in [6.45, 7) is 1.40. The van der Waals surface area contributed by atoms with Crippen LogP contribution in [0, 0.1) is 0 Å². The predicted molar refractivity (Wildman–Crippen MR) is 76.7 cm³/mol. The maximum absolute atomic E-state index is 11.5. The highest BCUT2D eigenvalue weighted by molar-refractivity contribution is 8.77. The molecule has 106 valence electrons. The molecule has 6 nitrogen and oxygen atoms in total. The van der Waals surface area contributed by atoms with Crippen molar-refractivity contribution in [2.45, 2.75) is 16.8 Å². The van der Waals surface area contributed by atoms with Crippen LogP contribution in [-0.4, -0.2) is 30.8 Å². The van der Waals surface area contributed by atoms with Crippen LogP contribution in [0.2, 0.25) is 0 Å². The van der Waals surface area contributed by atoms with Gasteiger partial charge in [0.05, 0.1) is 0 Å². The van der Waals surface area contributed by atoms with E-state index in [1.807, 2.05) is 0 Å². The van der Waals surface area contributed by atoms with Crippen molar-refractivity contribution in [1.29, 1.82) is 0 Å². The van der Waals surface area contributed by atoms with Crippen molar-refractivity contribution in [2.75, 3.05) is 0 Å². The topological polar surface area (TPSA) is 95.6 Å². The molecule has 0 radical (unpaired) electrons. The lowest BCUT2D eigenvalue weighted by molar-refractivity contribution is -0.142. The van der Waals surface area contributed by atoms with Crippen molar-refractivity contribution in [3.05, 3.63) is 36.5 Å². The molecule has 2 heterocycles. The average molecular weight is 312 g/mol. The third-order valence-electron chi connectivity index (χ3n) is 2.59. The van der Waals surface area contributed by atoms with E-state index in [1.54, 1.807) is 24.4 Å². The van der Waals surface area contributed by atoms with Gasteiger partial charge in [-0.2, -0.15) is 0 Å². The Morgan fingerprint density at radius 1 is 1.25 bits per heavy atom. The fraction of sp³-hybridized carbons (Fsp3) is 0.167. The molecule has 0 spiro atoms. The number of hydrogen-bond donors (Lipinski definition) is 3. The summed E-state index contributed by atoms with van der Waals surface area (Å²) in [5, 5.41) is 29.5. The van der Waals surface area contributed by atoms with Gasteiger partial charge in [-0.25, -0.2) is 9.78 Å². The van der Waals surface area contributed by atoms with E-state index in [4.69, 9.17) is 0 Å². The van der Waals surface area contributed by atoms with Crippen molar-refractivity contribution in [3.8, 4) is 11.8 Å². The van der Waals surface area contributed by atoms with E-state index >= 15 is 0 Å². The summed E-state index contributed by atoms with van der Waals surface area (Å²) >= 11 is 0. The summed E-state index contributed by atoms with van der Waals surface area (Å²) in [5.41, 5.74) is 0. The van der Waals surface area contributed by atoms with Gasteiger partial charge in [-0.05, 0) is 40.6 Å². The number of carbonyl (C=O) groups is 1. The second kappa shape index (κ2) is 5.68. The molecule has 0 aliphatic carbocycles. The minimum atomic E-state index is -1.57. The Kier molecular flexibility index (Phi) is 4.15. The van der Waals surface area contributed by atoms with Crippen LogP contribution in [0.15, 0.2) is 41.6 Å². The molecule has 2 aromatic rings. The second-order valence-electron chi connectivity index (χ2n) is 4.01. The Hall–Kier alpha value is -1.80. The van der Waals surface area contributed by atoms with E-state index in [2.05, 4.69) is 4.98 Å². The standard InChI is InChI=1S/C12H12N2O4S2/c1-12(11(17)18,14-9(15)5-6-10(14)16)20-19-8-4-2-3-7-13-8/h2-7,15-16H,1H3,(H,17,18). The van der Waals surface area contributed by atoms with Crippen molar-refractivity contribution < 1.29 is 20.1 Å². The Labute approximate surface area is 122 Å². The van der Waals surface area contributed by atoms with Crippen molar-refractivity contribution in [1.82, 2.24) is 9.55 Å². The number of aromatic nitrogens is 2. The van der Waals surface area contributed by atoms with Crippen LogP contribution in [0.4, 0.5) is 0 Å². The highest BCUT2D eigenvalue weighted by Crippen LogP contribution is 2.47. The molecule has 0 aliphatic heterocycles. The van der Waals surface area contributed by atoms with Gasteiger partial charge in [0.1, 0.15) is 5.03 Å². The molecule has 2 rings (SSSR count). The molecule has 0 saturated heterocycles. The van der Waals surface area contributed by atoms with Gasteiger partial charge < -0.3 is 15.3 Å². The number of pyridine rings is 1. The van der Waals surface area contributed by atoms with Crippen LogP contribution >= 0.6 is 21.6 Å². The maximum Gasteiger partial charge on any atom is 0.341 e. The monoisotopic (exact) mass is 312 g/mol. The molecule has 3 N–H and O–H groups in total. The first-order valence-corrected chi connectivity index (χ1v) is 7.70. The van der Waals surface area contributed by atoms with Crippen LogP contribution in [0.1, 0.15) is 6.92 Å². The van der Waals surface area contributed by atoms with Crippen molar-refractivity contribution in [2.24, 2.45) is 0 Å². The van der Waals surface area contributed by atoms with Crippen molar-refractivity contribution >= 4 is 27.6 Å². The zero-order valence-corrected chi connectivity index (χ0v) is 12.1. The molecule has 0 fully saturated rings. The van der Waals surface area contributed by atoms with E-state index in [1.165, 1.54) is 19.1 Å². The molecule has 1 unspecified atom stereocenters. The SMILES string of the molecule is CC(SSc1ccccn1)(C(=O)O)n1c(O)ccc1O. The molecule has 0 saturated carbocycles. The summed E-state index contributed by atoms with van der Waals surface area (Å²) in [6, 6.07) is 7.77. The predicted octanol–water partition coefficient (Wildman–Crippen LogP) is 2.49. The molecule has 0 bridgehead atoms. The Bertz CT molecular complexity index is 598. The molecule has 0 aliphatic rings. The van der Waals surface area contributed by atoms with E-state index in [9.17, 15) is 20.1 Å². The third-order valence-corrected chi connectivity index (χ3v) is 5.50. The number of carboxylic acids is 1. The summed E-state index contributed by atoms with van der Waals surface area (Å²) in [4.78, 5) is 14.1. The van der Waals surface area contributed by atoms with Crippen molar-refractivity contribution in [3.63, 3.8) is 0 Å². The van der Waals surface area contributed by atoms with Gasteiger partial charge in [0.25, 0.3) is 0 Å². The minimum Gasteiger partial charge on any atom is -0.494 e. The van der Waals surface area contributed by atoms with E-state index < -0.39 is 10.8 Å². The Morgan fingerprint density at radius 2 is 1.90 bits per heavy atom. The molecule has 0 aromatic carbocycles. The zero-order chi connectivity index (χ0) is 14.8. The van der Waals surface area contributed by atoms with Gasteiger partial charge in [0.15, 0.2) is 11.8 Å². The van der Waals surface area contributed by atoms with Gasteiger partial charge in [-0.1, -0.05) is 6.07 Å². The van der Waals surface area contributed by atoms with Gasteiger partial charge in [-0.15, -0.1) is 0 Å². The summed E-state index contributed by atoms with van der Waals surface area (Å²) < 4.78 is 0.954. The lowest BCUT2D eigenvalue weighted by Gasteiger charge is -2.26. The molecular weight excluding hydrogens is 300 g/mol. The highest BCUT2D eigenvalue weighted by Gasteiger charge is 2.40. The second-order valence-corrected chi connectivity index (χ2v) is 6.55. The molecule has 1 atom stereocenters. The number of carboxylic acid groups (broad SMARTS) is 1. The number of aliphatic carboxylic acids is 1. The largest absolute Gasteiger partial charge is 0.494 e.